The molecule has 0 aromatic carbocycles. The number of nitrogens with one attached hydrogen (secondary N) is 1. The van der Waals surface area contributed by atoms with Crippen LogP contribution >= 0.6 is 11.3 Å². The number of aromatic amines is 1. The number of ether oxygens (including phenoxy) is 1. The predicted octanol–water partition coefficient (Wildman–Crippen LogP) is 2.23. The zero-order valence-electron chi connectivity index (χ0n) is 10.7. The van der Waals surface area contributed by atoms with Crippen molar-refractivity contribution < 1.29 is 9.53 Å². The van der Waals surface area contributed by atoms with Crippen LogP contribution in [-0.2, 0) is 9.53 Å². The van der Waals surface area contributed by atoms with Gasteiger partial charge >= 0.3 is 5.97 Å². The van der Waals surface area contributed by atoms with Gasteiger partial charge in [-0.1, -0.05) is 0 Å². The zero-order valence-corrected chi connectivity index (χ0v) is 11.5. The first-order valence-electron chi connectivity index (χ1n) is 5.57. The molecule has 0 aliphatic carbocycles. The molecular weight excluding hydrogens is 252 g/mol. The summed E-state index contributed by atoms with van der Waals surface area (Å²) in [5.41, 5.74) is 0.770. The molecule has 0 radical (unpaired) electrons. The lowest BCUT2D eigenvalue weighted by atomic mass is 10.2. The van der Waals surface area contributed by atoms with Crippen molar-refractivity contribution in [3.63, 3.8) is 0 Å². The number of esters is 1. The van der Waals surface area contributed by atoms with Crippen LogP contribution in [0.15, 0.2) is 4.79 Å². The van der Waals surface area contributed by atoms with Crippen LogP contribution < -0.4 is 5.56 Å². The Bertz CT molecular complexity index is 672. The molecule has 2 aromatic rings. The molecular formula is C12H14N2O3S. The SMILES string of the molecule is CC(=O)O[C@@H](C)c1nc2sc(C)c(C)c2c(=O)[nH]1. The number of hydrogen-bond acceptors (Lipinski definition) is 5. The van der Waals surface area contributed by atoms with Crippen LogP contribution in [0, 0.1) is 13.8 Å². The molecule has 0 aliphatic rings. The highest BCUT2D eigenvalue weighted by molar-refractivity contribution is 7.18. The number of hydrogen-bond donors (Lipinski definition) is 1. The minimum atomic E-state index is -0.553. The van der Waals surface area contributed by atoms with E-state index >= 15 is 0 Å². The van der Waals surface area contributed by atoms with Crippen molar-refractivity contribution in [2.24, 2.45) is 0 Å². The molecule has 1 N–H and O–H groups in total. The van der Waals surface area contributed by atoms with Crippen molar-refractivity contribution in [2.75, 3.05) is 0 Å². The largest absolute Gasteiger partial charge is 0.455 e. The smallest absolute Gasteiger partial charge is 0.303 e. The zero-order chi connectivity index (χ0) is 13.4. The number of rotatable bonds is 2. The number of carbonyl (C=O) groups excluding carboxylic acids is 1. The van der Waals surface area contributed by atoms with E-state index in [-0.39, 0.29) is 5.56 Å². The highest BCUT2D eigenvalue weighted by Gasteiger charge is 2.16. The van der Waals surface area contributed by atoms with Gasteiger partial charge in [0.05, 0.1) is 5.39 Å². The molecule has 2 rings (SSSR count). The van der Waals surface area contributed by atoms with Crippen LogP contribution in [0.4, 0.5) is 0 Å². The molecule has 0 aliphatic heterocycles. The molecule has 0 saturated heterocycles. The molecule has 1 atom stereocenters. The molecule has 2 heterocycles. The van der Waals surface area contributed by atoms with Crippen LogP contribution in [0.5, 0.6) is 0 Å². The van der Waals surface area contributed by atoms with Crippen molar-refractivity contribution in [1.82, 2.24) is 9.97 Å². The average Bonchev–Trinajstić information content (AvgIpc) is 2.54. The van der Waals surface area contributed by atoms with E-state index in [1.807, 2.05) is 13.8 Å². The van der Waals surface area contributed by atoms with Gasteiger partial charge < -0.3 is 9.72 Å². The number of carbonyl (C=O) groups is 1. The second kappa shape index (κ2) is 4.53. The van der Waals surface area contributed by atoms with Crippen molar-refractivity contribution in [2.45, 2.75) is 33.8 Å². The molecule has 0 unspecified atom stereocenters. The molecule has 0 amide bonds. The van der Waals surface area contributed by atoms with Crippen molar-refractivity contribution in [3.05, 3.63) is 26.6 Å². The van der Waals surface area contributed by atoms with E-state index in [0.29, 0.717) is 16.0 Å². The van der Waals surface area contributed by atoms with Crippen LogP contribution in [0.1, 0.15) is 36.2 Å². The normalized spacial score (nSPS) is 12.7. The number of aromatic nitrogens is 2. The Balaban J connectivity index is 2.56. The quantitative estimate of drug-likeness (QED) is 0.846. The molecule has 0 fully saturated rings. The van der Waals surface area contributed by atoms with Crippen LogP contribution in [0.25, 0.3) is 10.2 Å². The molecule has 2 aromatic heterocycles. The lowest BCUT2D eigenvalue weighted by molar-refractivity contribution is -0.146. The van der Waals surface area contributed by atoms with Crippen molar-refractivity contribution >= 4 is 27.5 Å². The summed E-state index contributed by atoms with van der Waals surface area (Å²) < 4.78 is 5.01. The Labute approximate surface area is 108 Å². The second-order valence-corrected chi connectivity index (χ2v) is 5.37. The first kappa shape index (κ1) is 12.8. The summed E-state index contributed by atoms with van der Waals surface area (Å²) in [5.74, 6) is -0.0206. The van der Waals surface area contributed by atoms with Gasteiger partial charge in [-0.05, 0) is 26.3 Å². The Morgan fingerprint density at radius 2 is 2.11 bits per heavy atom. The third-order valence-corrected chi connectivity index (χ3v) is 3.89. The lowest BCUT2D eigenvalue weighted by Gasteiger charge is -2.10. The topological polar surface area (TPSA) is 72.0 Å². The van der Waals surface area contributed by atoms with E-state index in [1.54, 1.807) is 6.92 Å². The third kappa shape index (κ3) is 2.15. The monoisotopic (exact) mass is 266 g/mol. The molecule has 6 heteroatoms. The van der Waals surface area contributed by atoms with E-state index in [2.05, 4.69) is 9.97 Å². The van der Waals surface area contributed by atoms with E-state index in [9.17, 15) is 9.59 Å². The fourth-order valence-electron chi connectivity index (χ4n) is 1.77. The summed E-state index contributed by atoms with van der Waals surface area (Å²) in [6, 6.07) is 0. The lowest BCUT2D eigenvalue weighted by Crippen LogP contribution is -2.16. The molecule has 5 nitrogen and oxygen atoms in total. The van der Waals surface area contributed by atoms with Gasteiger partial charge in [0.25, 0.3) is 5.56 Å². The number of H-pyrrole nitrogens is 1. The van der Waals surface area contributed by atoms with E-state index in [1.165, 1.54) is 18.3 Å². The Kier molecular flexibility index (Phi) is 3.21. The molecule has 96 valence electrons. The van der Waals surface area contributed by atoms with Gasteiger partial charge in [0, 0.05) is 11.8 Å². The Morgan fingerprint density at radius 3 is 2.72 bits per heavy atom. The predicted molar refractivity (Wildman–Crippen MR) is 69.9 cm³/mol. The minimum Gasteiger partial charge on any atom is -0.455 e. The van der Waals surface area contributed by atoms with Gasteiger partial charge in [-0.3, -0.25) is 9.59 Å². The number of fused-ring (bicyclic) bond motifs is 1. The highest BCUT2D eigenvalue weighted by Crippen LogP contribution is 2.26. The van der Waals surface area contributed by atoms with Gasteiger partial charge in [0.2, 0.25) is 0 Å². The first-order chi connectivity index (χ1) is 8.40. The van der Waals surface area contributed by atoms with Crippen LogP contribution in [0.3, 0.4) is 0 Å². The molecule has 18 heavy (non-hydrogen) atoms. The minimum absolute atomic E-state index is 0.184. The fraction of sp³-hybridized carbons (Fsp3) is 0.417. The maximum atomic E-state index is 12.0. The summed E-state index contributed by atoms with van der Waals surface area (Å²) in [4.78, 5) is 31.7. The summed E-state index contributed by atoms with van der Waals surface area (Å²) in [6.07, 6.45) is -0.553. The number of aryl methyl sites for hydroxylation is 2. The van der Waals surface area contributed by atoms with Crippen LogP contribution in [-0.4, -0.2) is 15.9 Å². The summed E-state index contributed by atoms with van der Waals surface area (Å²) in [5, 5.41) is 0.622. The van der Waals surface area contributed by atoms with Gasteiger partial charge in [-0.25, -0.2) is 4.98 Å². The number of nitrogens with zero attached hydrogens (tertiary/aromatic N) is 1. The fourth-order valence-corrected chi connectivity index (χ4v) is 2.81. The van der Waals surface area contributed by atoms with E-state index in [4.69, 9.17) is 4.74 Å². The average molecular weight is 266 g/mol. The summed E-state index contributed by atoms with van der Waals surface area (Å²) >= 11 is 1.47. The first-order valence-corrected chi connectivity index (χ1v) is 6.39. The summed E-state index contributed by atoms with van der Waals surface area (Å²) in [7, 11) is 0. The maximum Gasteiger partial charge on any atom is 0.303 e. The second-order valence-electron chi connectivity index (χ2n) is 4.17. The van der Waals surface area contributed by atoms with Crippen molar-refractivity contribution in [1.29, 1.82) is 0 Å². The molecule has 0 bridgehead atoms. The van der Waals surface area contributed by atoms with Gasteiger partial charge in [-0.2, -0.15) is 0 Å². The van der Waals surface area contributed by atoms with E-state index in [0.717, 1.165) is 10.4 Å². The van der Waals surface area contributed by atoms with Gasteiger partial charge in [0.1, 0.15) is 4.83 Å². The molecule has 0 saturated carbocycles. The van der Waals surface area contributed by atoms with E-state index < -0.39 is 12.1 Å². The highest BCUT2D eigenvalue weighted by atomic mass is 32.1. The summed E-state index contributed by atoms with van der Waals surface area (Å²) in [6.45, 7) is 6.86. The molecule has 0 spiro atoms. The van der Waals surface area contributed by atoms with Gasteiger partial charge in [-0.15, -0.1) is 11.3 Å². The standard InChI is InChI=1S/C12H14N2O3S/c1-5-7(3)18-12-9(5)11(16)13-10(14-12)6(2)17-8(4)15/h6H,1-4H3,(H,13,14,16)/t6-/m0/s1. The Hall–Kier alpha value is -1.69. The maximum absolute atomic E-state index is 12.0. The van der Waals surface area contributed by atoms with Gasteiger partial charge in [0.15, 0.2) is 11.9 Å². The van der Waals surface area contributed by atoms with Crippen molar-refractivity contribution in [3.8, 4) is 0 Å². The van der Waals surface area contributed by atoms with Crippen LogP contribution in [0.2, 0.25) is 0 Å². The Morgan fingerprint density at radius 1 is 1.44 bits per heavy atom. The third-order valence-electron chi connectivity index (χ3n) is 2.79. The number of thiophene rings is 1.